The van der Waals surface area contributed by atoms with Gasteiger partial charge in [0, 0.05) is 12.5 Å². The van der Waals surface area contributed by atoms with Crippen molar-refractivity contribution >= 4 is 12.1 Å². The van der Waals surface area contributed by atoms with Gasteiger partial charge >= 0.3 is 12.1 Å². The summed E-state index contributed by atoms with van der Waals surface area (Å²) < 4.78 is 24.0. The third-order valence-electron chi connectivity index (χ3n) is 5.90. The van der Waals surface area contributed by atoms with Crippen LogP contribution in [0.1, 0.15) is 39.1 Å². The standard InChI is InChI=1S/C26H24FNO6/c1-33-25(31)20-11-10-15(12-22(20)27)24(30)23(29)13-28-26(32)34-14-21-18-8-4-2-6-16(18)17-7-3-5-9-19(17)21/h2-12,21,23-24,29-30H,13-14H2,1H3,(H,28,32). The Bertz CT molecular complexity index is 1170. The third-order valence-corrected chi connectivity index (χ3v) is 5.90. The van der Waals surface area contributed by atoms with Crippen LogP contribution in [-0.4, -0.2) is 48.6 Å². The van der Waals surface area contributed by atoms with Crippen LogP contribution in [0.15, 0.2) is 66.7 Å². The summed E-state index contributed by atoms with van der Waals surface area (Å²) in [7, 11) is 1.13. The van der Waals surface area contributed by atoms with Crippen molar-refractivity contribution in [3.63, 3.8) is 0 Å². The van der Waals surface area contributed by atoms with Crippen molar-refractivity contribution in [2.24, 2.45) is 0 Å². The van der Waals surface area contributed by atoms with E-state index in [1.165, 1.54) is 6.07 Å². The monoisotopic (exact) mass is 465 g/mol. The summed E-state index contributed by atoms with van der Waals surface area (Å²) in [5, 5.41) is 23.0. The molecule has 8 heteroatoms. The third kappa shape index (κ3) is 4.64. The van der Waals surface area contributed by atoms with Crippen LogP contribution in [-0.2, 0) is 9.47 Å². The molecule has 2 atom stereocenters. The number of fused-ring (bicyclic) bond motifs is 3. The van der Waals surface area contributed by atoms with E-state index in [4.69, 9.17) is 4.74 Å². The molecule has 0 saturated carbocycles. The van der Waals surface area contributed by atoms with Gasteiger partial charge in [0.25, 0.3) is 0 Å². The molecule has 3 aromatic rings. The molecule has 3 aromatic carbocycles. The number of hydrogen-bond acceptors (Lipinski definition) is 6. The first kappa shape index (κ1) is 23.4. The minimum Gasteiger partial charge on any atom is -0.465 e. The van der Waals surface area contributed by atoms with Crippen molar-refractivity contribution in [3.8, 4) is 11.1 Å². The largest absolute Gasteiger partial charge is 0.465 e. The lowest BCUT2D eigenvalue weighted by molar-refractivity contribution is 0.0183. The zero-order valence-corrected chi connectivity index (χ0v) is 18.4. The molecular formula is C26H24FNO6. The molecule has 2 unspecified atom stereocenters. The van der Waals surface area contributed by atoms with Gasteiger partial charge < -0.3 is 25.0 Å². The molecule has 0 heterocycles. The van der Waals surface area contributed by atoms with Crippen LogP contribution in [0.25, 0.3) is 11.1 Å². The molecule has 7 nitrogen and oxygen atoms in total. The summed E-state index contributed by atoms with van der Waals surface area (Å²) in [6, 6.07) is 19.3. The number of amides is 1. The fourth-order valence-corrected chi connectivity index (χ4v) is 4.16. The number of rotatable bonds is 7. The van der Waals surface area contributed by atoms with Crippen LogP contribution in [0.2, 0.25) is 0 Å². The number of halogens is 1. The predicted octanol–water partition coefficient (Wildman–Crippen LogP) is 3.55. The summed E-state index contributed by atoms with van der Waals surface area (Å²) in [5.74, 6) is -1.85. The Morgan fingerprint density at radius 2 is 1.62 bits per heavy atom. The van der Waals surface area contributed by atoms with Crippen molar-refractivity contribution in [2.75, 3.05) is 20.3 Å². The second kappa shape index (κ2) is 10.0. The number of alkyl carbamates (subject to hydrolysis) is 1. The van der Waals surface area contributed by atoms with Crippen molar-refractivity contribution in [1.82, 2.24) is 5.32 Å². The molecule has 0 saturated heterocycles. The summed E-state index contributed by atoms with van der Waals surface area (Å²) in [6.07, 6.45) is -3.67. The highest BCUT2D eigenvalue weighted by Crippen LogP contribution is 2.44. The normalized spacial score (nSPS) is 14.0. The molecule has 176 valence electrons. The van der Waals surface area contributed by atoms with Gasteiger partial charge in [0.1, 0.15) is 24.6 Å². The maximum Gasteiger partial charge on any atom is 0.407 e. The molecule has 0 bridgehead atoms. The highest BCUT2D eigenvalue weighted by atomic mass is 19.1. The number of ether oxygens (including phenoxy) is 2. The molecule has 4 rings (SSSR count). The minimum atomic E-state index is -1.49. The SMILES string of the molecule is COC(=O)c1ccc(C(O)C(O)CNC(=O)OCC2c3ccccc3-c3ccccc32)cc1F. The van der Waals surface area contributed by atoms with Gasteiger partial charge in [-0.2, -0.15) is 0 Å². The first-order chi connectivity index (χ1) is 16.4. The van der Waals surface area contributed by atoms with Gasteiger partial charge in [-0.15, -0.1) is 0 Å². The second-order valence-corrected chi connectivity index (χ2v) is 7.95. The molecule has 0 aliphatic heterocycles. The van der Waals surface area contributed by atoms with E-state index < -0.39 is 30.1 Å². The number of carbonyl (C=O) groups is 2. The number of carbonyl (C=O) groups excluding carboxylic acids is 2. The quantitative estimate of drug-likeness (QED) is 0.461. The Morgan fingerprint density at radius 1 is 1.00 bits per heavy atom. The topological polar surface area (TPSA) is 105 Å². The average Bonchev–Trinajstić information content (AvgIpc) is 3.18. The fourth-order valence-electron chi connectivity index (χ4n) is 4.16. The highest BCUT2D eigenvalue weighted by Gasteiger charge is 2.29. The lowest BCUT2D eigenvalue weighted by Gasteiger charge is -2.20. The van der Waals surface area contributed by atoms with Crippen LogP contribution >= 0.6 is 0 Å². The van der Waals surface area contributed by atoms with E-state index in [2.05, 4.69) is 10.1 Å². The first-order valence-electron chi connectivity index (χ1n) is 10.7. The van der Waals surface area contributed by atoms with Gasteiger partial charge in [-0.05, 0) is 39.9 Å². The van der Waals surface area contributed by atoms with Crippen molar-refractivity contribution in [3.05, 3.63) is 94.8 Å². The summed E-state index contributed by atoms with van der Waals surface area (Å²) >= 11 is 0. The van der Waals surface area contributed by atoms with Gasteiger partial charge in [0.05, 0.1) is 12.7 Å². The lowest BCUT2D eigenvalue weighted by Crippen LogP contribution is -2.36. The molecule has 1 aliphatic carbocycles. The Morgan fingerprint density at radius 3 is 2.21 bits per heavy atom. The maximum absolute atomic E-state index is 14.1. The van der Waals surface area contributed by atoms with E-state index in [9.17, 15) is 24.2 Å². The van der Waals surface area contributed by atoms with Crippen LogP contribution < -0.4 is 5.32 Å². The molecule has 34 heavy (non-hydrogen) atoms. The van der Waals surface area contributed by atoms with E-state index in [-0.39, 0.29) is 30.2 Å². The molecular weight excluding hydrogens is 441 g/mol. The molecule has 0 radical (unpaired) electrons. The van der Waals surface area contributed by atoms with Gasteiger partial charge in [-0.1, -0.05) is 54.6 Å². The van der Waals surface area contributed by atoms with Gasteiger partial charge in [-0.25, -0.2) is 14.0 Å². The molecule has 1 amide bonds. The minimum absolute atomic E-state index is 0.0481. The lowest BCUT2D eigenvalue weighted by atomic mass is 9.98. The second-order valence-electron chi connectivity index (χ2n) is 7.95. The van der Waals surface area contributed by atoms with Crippen molar-refractivity contribution in [1.29, 1.82) is 0 Å². The molecule has 3 N–H and O–H groups in total. The Kier molecular flexibility index (Phi) is 6.90. The van der Waals surface area contributed by atoms with Crippen molar-refractivity contribution in [2.45, 2.75) is 18.1 Å². The molecule has 0 fully saturated rings. The van der Waals surface area contributed by atoms with Crippen molar-refractivity contribution < 1.29 is 33.7 Å². The Hall–Kier alpha value is -3.75. The number of nitrogens with one attached hydrogen (secondary N) is 1. The fraction of sp³-hybridized carbons (Fsp3) is 0.231. The first-order valence-corrected chi connectivity index (χ1v) is 10.7. The Labute approximate surface area is 195 Å². The summed E-state index contributed by atoms with van der Waals surface area (Å²) in [5.41, 5.74) is 4.12. The number of esters is 1. The van der Waals surface area contributed by atoms with Gasteiger partial charge in [0.2, 0.25) is 0 Å². The summed E-state index contributed by atoms with van der Waals surface area (Å²) in [4.78, 5) is 23.7. The number of methoxy groups -OCH3 is 1. The zero-order chi connectivity index (χ0) is 24.2. The van der Waals surface area contributed by atoms with Crippen LogP contribution in [0.4, 0.5) is 9.18 Å². The van der Waals surface area contributed by atoms with Crippen LogP contribution in [0.3, 0.4) is 0 Å². The zero-order valence-electron chi connectivity index (χ0n) is 18.4. The number of aliphatic hydroxyl groups is 2. The Balaban J connectivity index is 1.33. The number of aliphatic hydroxyl groups excluding tert-OH is 2. The highest BCUT2D eigenvalue weighted by molar-refractivity contribution is 5.89. The summed E-state index contributed by atoms with van der Waals surface area (Å²) in [6.45, 7) is -0.211. The van der Waals surface area contributed by atoms with E-state index in [0.717, 1.165) is 41.5 Å². The van der Waals surface area contributed by atoms with E-state index in [1.54, 1.807) is 0 Å². The molecule has 0 aromatic heterocycles. The average molecular weight is 465 g/mol. The number of benzene rings is 3. The van der Waals surface area contributed by atoms with Crippen LogP contribution in [0, 0.1) is 5.82 Å². The van der Waals surface area contributed by atoms with Gasteiger partial charge in [-0.3, -0.25) is 0 Å². The predicted molar refractivity (Wildman–Crippen MR) is 122 cm³/mol. The maximum atomic E-state index is 14.1. The molecule has 1 aliphatic rings. The number of hydrogen-bond donors (Lipinski definition) is 3. The molecule has 0 spiro atoms. The van der Waals surface area contributed by atoms with E-state index in [0.29, 0.717) is 0 Å². The van der Waals surface area contributed by atoms with E-state index in [1.807, 2.05) is 48.5 Å². The smallest absolute Gasteiger partial charge is 0.407 e. The van der Waals surface area contributed by atoms with Crippen LogP contribution in [0.5, 0.6) is 0 Å². The van der Waals surface area contributed by atoms with E-state index >= 15 is 0 Å². The van der Waals surface area contributed by atoms with Gasteiger partial charge in [0.15, 0.2) is 0 Å².